The SMILES string of the molecule is CC(=O)OCCN1CCC(=C2c3ccccc3CCc3oc(C)nc32)CC1. The summed E-state index contributed by atoms with van der Waals surface area (Å²) >= 11 is 0. The largest absolute Gasteiger partial charge is 0.465 e. The summed E-state index contributed by atoms with van der Waals surface area (Å²) in [4.78, 5) is 18.1. The third-order valence-electron chi connectivity index (χ3n) is 5.48. The van der Waals surface area contributed by atoms with E-state index in [2.05, 4.69) is 29.2 Å². The molecule has 0 amide bonds. The summed E-state index contributed by atoms with van der Waals surface area (Å²) in [7, 11) is 0. The van der Waals surface area contributed by atoms with E-state index in [1.54, 1.807) is 0 Å². The highest BCUT2D eigenvalue weighted by Gasteiger charge is 2.27. The third-order valence-corrected chi connectivity index (χ3v) is 5.48. The lowest BCUT2D eigenvalue weighted by atomic mass is 9.89. The van der Waals surface area contributed by atoms with E-state index in [9.17, 15) is 4.79 Å². The van der Waals surface area contributed by atoms with Crippen molar-refractivity contribution in [3.05, 3.63) is 58.3 Å². The number of carbonyl (C=O) groups excluding carboxylic acids is 1. The Morgan fingerprint density at radius 3 is 2.74 bits per heavy atom. The topological polar surface area (TPSA) is 55.6 Å². The number of ether oxygens (including phenoxy) is 1. The maximum Gasteiger partial charge on any atom is 0.302 e. The van der Waals surface area contributed by atoms with Gasteiger partial charge in [0.05, 0.1) is 0 Å². The molecule has 27 heavy (non-hydrogen) atoms. The minimum Gasteiger partial charge on any atom is -0.465 e. The average Bonchev–Trinajstić information content (AvgIpc) is 2.95. The van der Waals surface area contributed by atoms with Crippen molar-refractivity contribution in [1.82, 2.24) is 9.88 Å². The number of nitrogens with zero attached hydrogens (tertiary/aromatic N) is 2. The number of rotatable bonds is 3. The van der Waals surface area contributed by atoms with Gasteiger partial charge in [0, 0.05) is 45.5 Å². The Kier molecular flexibility index (Phi) is 5.12. The van der Waals surface area contributed by atoms with E-state index in [0.29, 0.717) is 6.61 Å². The lowest BCUT2D eigenvalue weighted by Crippen LogP contribution is -2.34. The van der Waals surface area contributed by atoms with Gasteiger partial charge in [-0.25, -0.2) is 4.98 Å². The van der Waals surface area contributed by atoms with Gasteiger partial charge < -0.3 is 9.15 Å². The van der Waals surface area contributed by atoms with Crippen LogP contribution >= 0.6 is 0 Å². The summed E-state index contributed by atoms with van der Waals surface area (Å²) in [6.45, 7) is 6.62. The van der Waals surface area contributed by atoms with Crippen LogP contribution in [-0.4, -0.2) is 42.1 Å². The fourth-order valence-electron chi connectivity index (χ4n) is 4.16. The van der Waals surface area contributed by atoms with E-state index in [1.165, 1.54) is 29.2 Å². The molecule has 0 spiro atoms. The Balaban J connectivity index is 1.62. The van der Waals surface area contributed by atoms with E-state index in [1.807, 2.05) is 6.92 Å². The molecule has 5 heteroatoms. The standard InChI is InChI=1S/C22H26N2O3/c1-15-23-22-20(27-15)8-7-17-5-3-4-6-19(17)21(22)18-9-11-24(12-10-18)13-14-26-16(2)25/h3-6H,7-14H2,1-2H3. The molecular formula is C22H26N2O3. The zero-order valence-corrected chi connectivity index (χ0v) is 16.1. The number of piperidine rings is 1. The first-order valence-corrected chi connectivity index (χ1v) is 9.74. The highest BCUT2D eigenvalue weighted by atomic mass is 16.5. The lowest BCUT2D eigenvalue weighted by molar-refractivity contribution is -0.141. The van der Waals surface area contributed by atoms with Crippen molar-refractivity contribution in [1.29, 1.82) is 0 Å². The van der Waals surface area contributed by atoms with Gasteiger partial charge in [0.1, 0.15) is 18.1 Å². The Hall–Kier alpha value is -2.40. The minimum absolute atomic E-state index is 0.209. The van der Waals surface area contributed by atoms with Crippen molar-refractivity contribution < 1.29 is 13.9 Å². The third kappa shape index (κ3) is 3.83. The number of fused-ring (bicyclic) bond motifs is 2. The highest BCUT2D eigenvalue weighted by Crippen LogP contribution is 2.38. The highest BCUT2D eigenvalue weighted by molar-refractivity contribution is 5.84. The molecule has 1 aromatic carbocycles. The van der Waals surface area contributed by atoms with Gasteiger partial charge in [-0.1, -0.05) is 29.8 Å². The van der Waals surface area contributed by atoms with Crippen molar-refractivity contribution >= 4 is 11.5 Å². The van der Waals surface area contributed by atoms with Crippen molar-refractivity contribution in [2.24, 2.45) is 0 Å². The van der Waals surface area contributed by atoms with E-state index in [-0.39, 0.29) is 5.97 Å². The number of hydrogen-bond acceptors (Lipinski definition) is 5. The second-order valence-electron chi connectivity index (χ2n) is 7.32. The maximum atomic E-state index is 10.9. The molecule has 1 fully saturated rings. The monoisotopic (exact) mass is 366 g/mol. The normalized spacial score (nSPS) is 17.3. The Morgan fingerprint density at radius 1 is 1.19 bits per heavy atom. The predicted molar refractivity (Wildman–Crippen MR) is 103 cm³/mol. The van der Waals surface area contributed by atoms with Gasteiger partial charge >= 0.3 is 5.97 Å². The van der Waals surface area contributed by atoms with Gasteiger partial charge in [-0.05, 0) is 30.4 Å². The molecule has 0 atom stereocenters. The molecule has 0 unspecified atom stereocenters. The molecule has 1 aliphatic carbocycles. The lowest BCUT2D eigenvalue weighted by Gasteiger charge is -2.29. The summed E-state index contributed by atoms with van der Waals surface area (Å²) in [5.74, 6) is 1.55. The molecule has 5 nitrogen and oxygen atoms in total. The van der Waals surface area contributed by atoms with Crippen molar-refractivity contribution in [2.45, 2.75) is 39.5 Å². The van der Waals surface area contributed by atoms with Crippen LogP contribution in [0.1, 0.15) is 48.2 Å². The number of esters is 1. The number of hydrogen-bond donors (Lipinski definition) is 0. The smallest absolute Gasteiger partial charge is 0.302 e. The molecule has 1 aliphatic heterocycles. The number of aryl methyl sites for hydroxylation is 3. The molecule has 0 bridgehead atoms. The number of carbonyl (C=O) groups is 1. The van der Waals surface area contributed by atoms with Crippen LogP contribution in [0.15, 0.2) is 34.3 Å². The molecule has 0 radical (unpaired) electrons. The first-order valence-electron chi connectivity index (χ1n) is 9.74. The summed E-state index contributed by atoms with van der Waals surface area (Å²) in [5.41, 5.74) is 6.48. The molecule has 2 aliphatic rings. The van der Waals surface area contributed by atoms with Crippen LogP contribution in [0.2, 0.25) is 0 Å². The van der Waals surface area contributed by atoms with E-state index >= 15 is 0 Å². The fourth-order valence-corrected chi connectivity index (χ4v) is 4.16. The molecule has 1 saturated heterocycles. The predicted octanol–water partition coefficient (Wildman–Crippen LogP) is 3.54. The van der Waals surface area contributed by atoms with Crippen LogP contribution in [0, 0.1) is 6.92 Å². The van der Waals surface area contributed by atoms with Gasteiger partial charge in [-0.2, -0.15) is 0 Å². The number of oxazole rings is 1. The average molecular weight is 366 g/mol. The van der Waals surface area contributed by atoms with E-state index in [0.717, 1.165) is 62.7 Å². The first-order chi connectivity index (χ1) is 13.1. The Bertz CT molecular complexity index is 871. The van der Waals surface area contributed by atoms with Crippen LogP contribution < -0.4 is 0 Å². The molecular weight excluding hydrogens is 340 g/mol. The van der Waals surface area contributed by atoms with E-state index < -0.39 is 0 Å². The summed E-state index contributed by atoms with van der Waals surface area (Å²) in [6.07, 6.45) is 3.91. The summed E-state index contributed by atoms with van der Waals surface area (Å²) in [5, 5.41) is 0. The quantitative estimate of drug-likeness (QED) is 0.778. The van der Waals surface area contributed by atoms with Crippen molar-refractivity contribution in [3.63, 3.8) is 0 Å². The van der Waals surface area contributed by atoms with Crippen LogP contribution in [0.4, 0.5) is 0 Å². The summed E-state index contributed by atoms with van der Waals surface area (Å²) < 4.78 is 11.0. The minimum atomic E-state index is -0.209. The number of benzene rings is 1. The molecule has 2 heterocycles. The molecule has 0 saturated carbocycles. The van der Waals surface area contributed by atoms with E-state index in [4.69, 9.17) is 14.1 Å². The van der Waals surface area contributed by atoms with Crippen LogP contribution in [0.3, 0.4) is 0 Å². The van der Waals surface area contributed by atoms with Gasteiger partial charge in [-0.15, -0.1) is 0 Å². The van der Waals surface area contributed by atoms with Gasteiger partial charge in [-0.3, -0.25) is 9.69 Å². The van der Waals surface area contributed by atoms with Gasteiger partial charge in [0.15, 0.2) is 5.89 Å². The van der Waals surface area contributed by atoms with Gasteiger partial charge in [0.25, 0.3) is 0 Å². The molecule has 142 valence electrons. The van der Waals surface area contributed by atoms with Crippen LogP contribution in [0.5, 0.6) is 0 Å². The maximum absolute atomic E-state index is 10.9. The zero-order valence-electron chi connectivity index (χ0n) is 16.1. The molecule has 1 aromatic heterocycles. The van der Waals surface area contributed by atoms with Crippen molar-refractivity contribution in [2.75, 3.05) is 26.2 Å². The van der Waals surface area contributed by atoms with Crippen LogP contribution in [0.25, 0.3) is 5.57 Å². The van der Waals surface area contributed by atoms with Crippen molar-refractivity contribution in [3.8, 4) is 0 Å². The number of aromatic nitrogens is 1. The first kappa shape index (κ1) is 18.0. The fraction of sp³-hybridized carbons (Fsp3) is 0.455. The Morgan fingerprint density at radius 2 is 1.96 bits per heavy atom. The Labute approximate surface area is 160 Å². The van der Waals surface area contributed by atoms with Crippen LogP contribution in [-0.2, 0) is 22.4 Å². The molecule has 2 aromatic rings. The second kappa shape index (κ2) is 7.69. The number of likely N-dealkylation sites (tertiary alicyclic amines) is 1. The second-order valence-corrected chi connectivity index (χ2v) is 7.32. The molecule has 0 N–H and O–H groups in total. The molecule has 4 rings (SSSR count). The summed E-state index contributed by atoms with van der Waals surface area (Å²) in [6, 6.07) is 8.68. The van der Waals surface area contributed by atoms with Gasteiger partial charge in [0.2, 0.25) is 0 Å². The zero-order chi connectivity index (χ0) is 18.8.